The van der Waals surface area contributed by atoms with E-state index in [9.17, 15) is 19.1 Å². The number of aliphatic hydroxyl groups excluding tert-OH is 1. The minimum absolute atomic E-state index is 0.0512. The standard InChI is InChI=1S/C11H15FN6O4/c12-1-5(8(13)20)6(2-19)22-4-18-3-15-7-9(18)16-11(14)17-10(7)21/h3,5-6,19H,1-2,4H2,(H2,13,20)(H3,14,16,17,21). The average molecular weight is 314 g/mol. The molecular weight excluding hydrogens is 299 g/mol. The molecule has 22 heavy (non-hydrogen) atoms. The van der Waals surface area contributed by atoms with E-state index in [0.29, 0.717) is 0 Å². The highest BCUT2D eigenvalue weighted by atomic mass is 19.1. The first kappa shape index (κ1) is 15.9. The third-order valence-corrected chi connectivity index (χ3v) is 3.08. The molecule has 11 heteroatoms. The fraction of sp³-hybridized carbons (Fsp3) is 0.455. The van der Waals surface area contributed by atoms with Crippen molar-refractivity contribution in [2.45, 2.75) is 12.8 Å². The van der Waals surface area contributed by atoms with Gasteiger partial charge in [0, 0.05) is 0 Å². The number of ether oxygens (including phenoxy) is 1. The summed E-state index contributed by atoms with van der Waals surface area (Å²) in [7, 11) is 0. The Balaban J connectivity index is 2.20. The molecule has 0 saturated heterocycles. The highest BCUT2D eigenvalue weighted by Gasteiger charge is 2.27. The van der Waals surface area contributed by atoms with E-state index in [2.05, 4.69) is 15.0 Å². The maximum Gasteiger partial charge on any atom is 0.280 e. The molecule has 10 nitrogen and oxygen atoms in total. The molecule has 0 aliphatic rings. The second kappa shape index (κ2) is 6.49. The summed E-state index contributed by atoms with van der Waals surface area (Å²) in [6.45, 7) is -1.88. The number of aliphatic hydroxyl groups is 1. The number of amides is 1. The number of anilines is 1. The number of nitrogens with zero attached hydrogens (tertiary/aromatic N) is 3. The molecule has 2 rings (SSSR count). The molecule has 6 N–H and O–H groups in total. The van der Waals surface area contributed by atoms with Crippen molar-refractivity contribution < 1.29 is 19.0 Å². The summed E-state index contributed by atoms with van der Waals surface area (Å²) in [6.07, 6.45) is 0.148. The Kier molecular flexibility index (Phi) is 4.68. The van der Waals surface area contributed by atoms with Crippen molar-refractivity contribution in [2.24, 2.45) is 11.7 Å². The minimum Gasteiger partial charge on any atom is -0.394 e. The number of H-pyrrole nitrogens is 1. The van der Waals surface area contributed by atoms with Crippen LogP contribution in [0.15, 0.2) is 11.1 Å². The van der Waals surface area contributed by atoms with Gasteiger partial charge in [0.15, 0.2) is 11.2 Å². The Morgan fingerprint density at radius 2 is 2.32 bits per heavy atom. The number of fused-ring (bicyclic) bond motifs is 1. The van der Waals surface area contributed by atoms with Crippen LogP contribution in [0.3, 0.4) is 0 Å². The number of primary amides is 1. The van der Waals surface area contributed by atoms with E-state index in [1.807, 2.05) is 0 Å². The highest BCUT2D eigenvalue weighted by Crippen LogP contribution is 2.12. The molecule has 0 radical (unpaired) electrons. The lowest BCUT2D eigenvalue weighted by molar-refractivity contribution is -0.132. The summed E-state index contributed by atoms with van der Waals surface area (Å²) in [5, 5.41) is 9.19. The lowest BCUT2D eigenvalue weighted by Crippen LogP contribution is -2.39. The van der Waals surface area contributed by atoms with Crippen LogP contribution in [0.1, 0.15) is 0 Å². The van der Waals surface area contributed by atoms with Gasteiger partial charge in [-0.1, -0.05) is 0 Å². The van der Waals surface area contributed by atoms with Crippen LogP contribution < -0.4 is 17.0 Å². The number of aromatic nitrogens is 4. The van der Waals surface area contributed by atoms with E-state index in [1.165, 1.54) is 10.9 Å². The van der Waals surface area contributed by atoms with Crippen molar-refractivity contribution in [1.29, 1.82) is 0 Å². The summed E-state index contributed by atoms with van der Waals surface area (Å²) in [4.78, 5) is 32.8. The van der Waals surface area contributed by atoms with Gasteiger partial charge in [-0.15, -0.1) is 0 Å². The smallest absolute Gasteiger partial charge is 0.280 e. The Labute approximate surface area is 122 Å². The topological polar surface area (TPSA) is 162 Å². The number of carbonyl (C=O) groups is 1. The van der Waals surface area contributed by atoms with Gasteiger partial charge >= 0.3 is 0 Å². The summed E-state index contributed by atoms with van der Waals surface area (Å²) >= 11 is 0. The van der Waals surface area contributed by atoms with Crippen LogP contribution in [0, 0.1) is 5.92 Å². The second-order valence-corrected chi connectivity index (χ2v) is 4.52. The van der Waals surface area contributed by atoms with Gasteiger partial charge in [-0.25, -0.2) is 4.98 Å². The fourth-order valence-electron chi connectivity index (χ4n) is 1.90. The summed E-state index contributed by atoms with van der Waals surface area (Å²) in [5.41, 5.74) is 10.2. The van der Waals surface area contributed by atoms with E-state index in [1.54, 1.807) is 0 Å². The molecule has 0 fully saturated rings. The molecule has 120 valence electrons. The number of hydrogen-bond acceptors (Lipinski definition) is 7. The zero-order valence-electron chi connectivity index (χ0n) is 11.4. The van der Waals surface area contributed by atoms with Gasteiger partial charge in [-0.05, 0) is 0 Å². The van der Waals surface area contributed by atoms with Gasteiger partial charge in [-0.2, -0.15) is 4.98 Å². The minimum atomic E-state index is -1.28. The first-order valence-electron chi connectivity index (χ1n) is 6.26. The molecule has 2 atom stereocenters. The predicted molar refractivity (Wildman–Crippen MR) is 73.2 cm³/mol. The third kappa shape index (κ3) is 3.04. The summed E-state index contributed by atoms with van der Waals surface area (Å²) < 4.78 is 19.4. The van der Waals surface area contributed by atoms with Crippen LogP contribution in [0.4, 0.5) is 10.3 Å². The van der Waals surface area contributed by atoms with Gasteiger partial charge in [0.25, 0.3) is 5.56 Å². The van der Waals surface area contributed by atoms with Gasteiger partial charge in [-0.3, -0.25) is 23.5 Å². The monoisotopic (exact) mass is 314 g/mol. The van der Waals surface area contributed by atoms with Gasteiger partial charge in [0.2, 0.25) is 11.9 Å². The number of halogens is 1. The predicted octanol–water partition coefficient (Wildman–Crippen LogP) is -1.89. The van der Waals surface area contributed by atoms with E-state index in [4.69, 9.17) is 16.2 Å². The molecule has 2 unspecified atom stereocenters. The largest absolute Gasteiger partial charge is 0.394 e. The average Bonchev–Trinajstić information content (AvgIpc) is 2.86. The molecule has 0 bridgehead atoms. The zero-order chi connectivity index (χ0) is 16.3. The van der Waals surface area contributed by atoms with Crippen LogP contribution in [-0.4, -0.2) is 49.9 Å². The number of carbonyl (C=O) groups excluding carboxylic acids is 1. The van der Waals surface area contributed by atoms with Gasteiger partial charge < -0.3 is 21.3 Å². The first-order chi connectivity index (χ1) is 10.5. The van der Waals surface area contributed by atoms with E-state index in [-0.39, 0.29) is 23.8 Å². The van der Waals surface area contributed by atoms with Crippen molar-refractivity contribution in [3.63, 3.8) is 0 Å². The maximum absolute atomic E-state index is 12.8. The molecule has 0 aromatic carbocycles. The van der Waals surface area contributed by atoms with E-state index in [0.717, 1.165) is 0 Å². The SMILES string of the molecule is NC(=O)C(CF)C(CO)OCn1cnc2c(=O)[nH]c(N)nc21. The fourth-order valence-corrected chi connectivity index (χ4v) is 1.90. The quantitative estimate of drug-likeness (QED) is 0.464. The van der Waals surface area contributed by atoms with Crippen molar-refractivity contribution in [2.75, 3.05) is 19.0 Å². The molecule has 0 spiro atoms. The first-order valence-corrected chi connectivity index (χ1v) is 6.26. The normalized spacial score (nSPS) is 14.1. The zero-order valence-corrected chi connectivity index (χ0v) is 11.4. The molecular formula is C11H15FN6O4. The maximum atomic E-state index is 12.8. The lowest BCUT2D eigenvalue weighted by atomic mass is 10.0. The van der Waals surface area contributed by atoms with Crippen molar-refractivity contribution in [3.05, 3.63) is 16.7 Å². The number of nitrogens with one attached hydrogen (secondary N) is 1. The van der Waals surface area contributed by atoms with E-state index >= 15 is 0 Å². The highest BCUT2D eigenvalue weighted by molar-refractivity contribution is 5.77. The Morgan fingerprint density at radius 3 is 2.91 bits per heavy atom. The number of imidazole rings is 1. The number of alkyl halides is 1. The van der Waals surface area contributed by atoms with Crippen LogP contribution in [0.25, 0.3) is 11.2 Å². The molecule has 0 aliphatic carbocycles. The molecule has 2 aromatic heterocycles. The molecule has 2 heterocycles. The Morgan fingerprint density at radius 1 is 1.59 bits per heavy atom. The van der Waals surface area contributed by atoms with Crippen molar-refractivity contribution in [3.8, 4) is 0 Å². The molecule has 2 aromatic rings. The number of hydrogen-bond donors (Lipinski definition) is 4. The van der Waals surface area contributed by atoms with Gasteiger partial charge in [0.1, 0.15) is 13.4 Å². The summed E-state index contributed by atoms with van der Waals surface area (Å²) in [6, 6.07) is 0. The second-order valence-electron chi connectivity index (χ2n) is 4.52. The van der Waals surface area contributed by atoms with Gasteiger partial charge in [0.05, 0.1) is 25.0 Å². The Bertz CT molecular complexity index is 729. The van der Waals surface area contributed by atoms with Crippen molar-refractivity contribution >= 4 is 23.0 Å². The van der Waals surface area contributed by atoms with Crippen LogP contribution >= 0.6 is 0 Å². The molecule has 0 saturated carbocycles. The van der Waals surface area contributed by atoms with Crippen LogP contribution in [0.5, 0.6) is 0 Å². The molecule has 0 aliphatic heterocycles. The molecule has 1 amide bonds. The van der Waals surface area contributed by atoms with Crippen LogP contribution in [-0.2, 0) is 16.3 Å². The summed E-state index contributed by atoms with van der Waals surface area (Å²) in [5.74, 6) is -2.30. The number of nitrogen functional groups attached to an aromatic ring is 1. The number of rotatable bonds is 7. The van der Waals surface area contributed by atoms with Crippen molar-refractivity contribution in [1.82, 2.24) is 19.5 Å². The number of aromatic amines is 1. The number of nitrogens with two attached hydrogens (primary N) is 2. The third-order valence-electron chi connectivity index (χ3n) is 3.08. The lowest BCUT2D eigenvalue weighted by Gasteiger charge is -2.21. The van der Waals surface area contributed by atoms with Crippen LogP contribution in [0.2, 0.25) is 0 Å². The van der Waals surface area contributed by atoms with E-state index < -0.39 is 36.8 Å². The Hall–Kier alpha value is -2.53.